The average Bonchev–Trinajstić information content (AvgIpc) is 2.36. The zero-order valence-electron chi connectivity index (χ0n) is 13.0. The second kappa shape index (κ2) is 5.72. The van der Waals surface area contributed by atoms with E-state index in [1.54, 1.807) is 0 Å². The summed E-state index contributed by atoms with van der Waals surface area (Å²) in [5, 5.41) is 4.63. The first-order chi connectivity index (χ1) is 9.36. The number of fused-ring (bicyclic) bond motifs is 1. The summed E-state index contributed by atoms with van der Waals surface area (Å²) in [5.74, 6) is 1.02. The molecule has 1 aromatic carbocycles. The van der Waals surface area contributed by atoms with E-state index in [2.05, 4.69) is 74.1 Å². The van der Waals surface area contributed by atoms with Crippen LogP contribution in [0.15, 0.2) is 22.7 Å². The van der Waals surface area contributed by atoms with Crippen LogP contribution in [0.1, 0.15) is 45.7 Å². The Labute approximate surface area is 130 Å². The molecule has 0 radical (unpaired) electrons. The normalized spacial score (nSPS) is 11.9. The van der Waals surface area contributed by atoms with Crippen molar-refractivity contribution in [3.8, 4) is 0 Å². The monoisotopic (exact) mass is 334 g/mol. The summed E-state index contributed by atoms with van der Waals surface area (Å²) in [7, 11) is 0. The molecule has 1 N–H and O–H groups in total. The number of nitrogens with one attached hydrogen (secondary N) is 1. The molecule has 0 saturated heterocycles. The van der Waals surface area contributed by atoms with Crippen LogP contribution >= 0.6 is 15.9 Å². The standard InChI is InChI=1S/C17H23BrN2/c1-6-11-8-13(18)9-12-10-14(17(3,4)5)16(19-7-2)20-15(11)12/h8-10H,6-7H2,1-5H3,(H,19,20). The van der Waals surface area contributed by atoms with Gasteiger partial charge in [0.15, 0.2) is 0 Å². The van der Waals surface area contributed by atoms with E-state index in [1.807, 2.05) is 0 Å². The van der Waals surface area contributed by atoms with Gasteiger partial charge in [-0.3, -0.25) is 0 Å². The van der Waals surface area contributed by atoms with Crippen LogP contribution in [0.4, 0.5) is 5.82 Å². The highest BCUT2D eigenvalue weighted by molar-refractivity contribution is 9.10. The molecular formula is C17H23BrN2. The van der Waals surface area contributed by atoms with Gasteiger partial charge in [0.2, 0.25) is 0 Å². The fraction of sp³-hybridized carbons (Fsp3) is 0.471. The van der Waals surface area contributed by atoms with E-state index in [9.17, 15) is 0 Å². The fourth-order valence-corrected chi connectivity index (χ4v) is 2.99. The van der Waals surface area contributed by atoms with E-state index in [4.69, 9.17) is 4.98 Å². The number of nitrogens with zero attached hydrogens (tertiary/aromatic N) is 1. The number of rotatable bonds is 3. The minimum Gasteiger partial charge on any atom is -0.370 e. The Morgan fingerprint density at radius 1 is 1.15 bits per heavy atom. The van der Waals surface area contributed by atoms with Crippen LogP contribution in [-0.4, -0.2) is 11.5 Å². The molecule has 2 nitrogen and oxygen atoms in total. The summed E-state index contributed by atoms with van der Waals surface area (Å²) >= 11 is 3.60. The molecule has 0 aliphatic rings. The Morgan fingerprint density at radius 3 is 2.40 bits per heavy atom. The molecule has 2 aromatic rings. The highest BCUT2D eigenvalue weighted by Gasteiger charge is 2.20. The van der Waals surface area contributed by atoms with Crippen molar-refractivity contribution in [1.82, 2.24) is 4.98 Å². The Kier molecular flexibility index (Phi) is 4.38. The Bertz CT molecular complexity index is 627. The van der Waals surface area contributed by atoms with Crippen LogP contribution in [0.2, 0.25) is 0 Å². The van der Waals surface area contributed by atoms with Crippen LogP contribution in [0.3, 0.4) is 0 Å². The molecule has 0 amide bonds. The van der Waals surface area contributed by atoms with Gasteiger partial charge in [-0.05, 0) is 42.5 Å². The van der Waals surface area contributed by atoms with Crippen molar-refractivity contribution in [2.45, 2.75) is 46.5 Å². The van der Waals surface area contributed by atoms with E-state index in [-0.39, 0.29) is 5.41 Å². The molecule has 0 saturated carbocycles. The third-order valence-electron chi connectivity index (χ3n) is 3.49. The highest BCUT2D eigenvalue weighted by atomic mass is 79.9. The molecule has 0 aliphatic heterocycles. The Hall–Kier alpha value is -1.09. The third kappa shape index (κ3) is 2.98. The first kappa shape index (κ1) is 15.3. The lowest BCUT2D eigenvalue weighted by Gasteiger charge is -2.23. The highest BCUT2D eigenvalue weighted by Crippen LogP contribution is 2.33. The number of aromatic nitrogens is 1. The van der Waals surface area contributed by atoms with Gasteiger partial charge in [0.05, 0.1) is 5.52 Å². The predicted octanol–water partition coefficient (Wildman–Crippen LogP) is 5.29. The molecule has 2 rings (SSSR count). The molecule has 1 aromatic heterocycles. The van der Waals surface area contributed by atoms with E-state index >= 15 is 0 Å². The first-order valence-corrected chi connectivity index (χ1v) is 8.03. The van der Waals surface area contributed by atoms with Gasteiger partial charge in [-0.15, -0.1) is 0 Å². The summed E-state index contributed by atoms with van der Waals surface area (Å²) in [6.07, 6.45) is 0.989. The smallest absolute Gasteiger partial charge is 0.130 e. The van der Waals surface area contributed by atoms with Gasteiger partial charge in [-0.1, -0.05) is 43.6 Å². The lowest BCUT2D eigenvalue weighted by Crippen LogP contribution is -2.16. The summed E-state index contributed by atoms with van der Waals surface area (Å²) in [5.41, 5.74) is 3.74. The van der Waals surface area contributed by atoms with Gasteiger partial charge in [0, 0.05) is 22.0 Å². The first-order valence-electron chi connectivity index (χ1n) is 7.24. The Balaban J connectivity index is 2.77. The van der Waals surface area contributed by atoms with Gasteiger partial charge >= 0.3 is 0 Å². The summed E-state index contributed by atoms with van der Waals surface area (Å²) in [6.45, 7) is 11.9. The maximum absolute atomic E-state index is 4.91. The molecule has 0 atom stereocenters. The number of anilines is 1. The van der Waals surface area contributed by atoms with Crippen molar-refractivity contribution >= 4 is 32.7 Å². The van der Waals surface area contributed by atoms with Crippen molar-refractivity contribution in [3.05, 3.63) is 33.8 Å². The number of hydrogen-bond acceptors (Lipinski definition) is 2. The lowest BCUT2D eigenvalue weighted by atomic mass is 9.86. The molecule has 3 heteroatoms. The zero-order chi connectivity index (χ0) is 14.9. The number of benzene rings is 1. The molecule has 20 heavy (non-hydrogen) atoms. The van der Waals surface area contributed by atoms with Crippen LogP contribution in [-0.2, 0) is 11.8 Å². The van der Waals surface area contributed by atoms with Gasteiger partial charge in [0.25, 0.3) is 0 Å². The number of pyridine rings is 1. The molecule has 0 fully saturated rings. The van der Waals surface area contributed by atoms with E-state index in [0.29, 0.717) is 0 Å². The molecule has 0 unspecified atom stereocenters. The van der Waals surface area contributed by atoms with Crippen LogP contribution in [0.5, 0.6) is 0 Å². The third-order valence-corrected chi connectivity index (χ3v) is 3.95. The molecule has 0 spiro atoms. The van der Waals surface area contributed by atoms with Crippen molar-refractivity contribution in [3.63, 3.8) is 0 Å². The van der Waals surface area contributed by atoms with Crippen LogP contribution in [0.25, 0.3) is 10.9 Å². The lowest BCUT2D eigenvalue weighted by molar-refractivity contribution is 0.590. The summed E-state index contributed by atoms with van der Waals surface area (Å²) in [4.78, 5) is 4.91. The van der Waals surface area contributed by atoms with Crippen LogP contribution in [0, 0.1) is 0 Å². The van der Waals surface area contributed by atoms with Crippen LogP contribution < -0.4 is 5.32 Å². The number of aryl methyl sites for hydroxylation is 1. The van der Waals surface area contributed by atoms with Gasteiger partial charge in [-0.25, -0.2) is 4.98 Å². The minimum absolute atomic E-state index is 0.0768. The number of hydrogen-bond donors (Lipinski definition) is 1. The second-order valence-corrected chi connectivity index (χ2v) is 7.07. The largest absolute Gasteiger partial charge is 0.370 e. The molecule has 108 valence electrons. The predicted molar refractivity (Wildman–Crippen MR) is 91.7 cm³/mol. The van der Waals surface area contributed by atoms with Gasteiger partial charge in [0.1, 0.15) is 5.82 Å². The minimum atomic E-state index is 0.0768. The van der Waals surface area contributed by atoms with Crippen molar-refractivity contribution in [2.75, 3.05) is 11.9 Å². The number of halogens is 1. The fourth-order valence-electron chi connectivity index (χ4n) is 2.46. The van der Waals surface area contributed by atoms with Crippen molar-refractivity contribution < 1.29 is 0 Å². The molecule has 1 heterocycles. The average molecular weight is 335 g/mol. The maximum Gasteiger partial charge on any atom is 0.130 e. The Morgan fingerprint density at radius 2 is 1.85 bits per heavy atom. The van der Waals surface area contributed by atoms with Crippen molar-refractivity contribution in [1.29, 1.82) is 0 Å². The quantitative estimate of drug-likeness (QED) is 0.824. The maximum atomic E-state index is 4.91. The zero-order valence-corrected chi connectivity index (χ0v) is 14.6. The second-order valence-electron chi connectivity index (χ2n) is 6.16. The molecular weight excluding hydrogens is 312 g/mol. The van der Waals surface area contributed by atoms with Gasteiger partial charge < -0.3 is 5.32 Å². The van der Waals surface area contributed by atoms with E-state index < -0.39 is 0 Å². The SMILES string of the molecule is CCNc1nc2c(CC)cc(Br)cc2cc1C(C)(C)C. The molecule has 0 bridgehead atoms. The van der Waals surface area contributed by atoms with Crippen molar-refractivity contribution in [2.24, 2.45) is 0 Å². The molecule has 0 aliphatic carbocycles. The summed E-state index contributed by atoms with van der Waals surface area (Å²) in [6, 6.07) is 6.61. The topological polar surface area (TPSA) is 24.9 Å². The van der Waals surface area contributed by atoms with E-state index in [1.165, 1.54) is 16.5 Å². The van der Waals surface area contributed by atoms with E-state index in [0.717, 1.165) is 28.8 Å². The summed E-state index contributed by atoms with van der Waals surface area (Å²) < 4.78 is 1.12. The van der Waals surface area contributed by atoms with Gasteiger partial charge in [-0.2, -0.15) is 0 Å².